The summed E-state index contributed by atoms with van der Waals surface area (Å²) < 4.78 is 2.05. The van der Waals surface area contributed by atoms with Crippen molar-refractivity contribution in [2.45, 2.75) is 52.6 Å². The average Bonchev–Trinajstić information content (AvgIpc) is 2.67. The molecule has 3 heteroatoms. The molecule has 0 saturated heterocycles. The van der Waals surface area contributed by atoms with Gasteiger partial charge in [0.25, 0.3) is 0 Å². The van der Waals surface area contributed by atoms with Crippen molar-refractivity contribution in [3.05, 3.63) is 18.0 Å². The van der Waals surface area contributed by atoms with Crippen LogP contribution in [0.15, 0.2) is 12.3 Å². The maximum Gasteiger partial charge on any atom is 0.0762 e. The lowest BCUT2D eigenvalue weighted by Gasteiger charge is -2.01. The molecular weight excluding hydrogens is 186 g/mol. The first kappa shape index (κ1) is 12.2. The third kappa shape index (κ3) is 4.98. The van der Waals surface area contributed by atoms with E-state index in [1.54, 1.807) is 0 Å². The number of unbranched alkanes of at least 4 members (excludes halogenated alkanes) is 2. The normalized spacial score (nSPS) is 10.8. The van der Waals surface area contributed by atoms with Gasteiger partial charge in [0.15, 0.2) is 0 Å². The van der Waals surface area contributed by atoms with Crippen molar-refractivity contribution in [2.24, 2.45) is 0 Å². The predicted molar refractivity (Wildman–Crippen MR) is 63.7 cm³/mol. The standard InChI is InChI=1S/C12H23N3/c1-3-5-6-9-15-10-7-12(14-15)11-13-8-4-2/h7,10,13H,3-6,8-9,11H2,1-2H3. The van der Waals surface area contributed by atoms with Crippen molar-refractivity contribution < 1.29 is 0 Å². The second kappa shape index (κ2) is 7.46. The van der Waals surface area contributed by atoms with Gasteiger partial charge in [0.05, 0.1) is 5.69 Å². The molecule has 0 saturated carbocycles. The van der Waals surface area contributed by atoms with E-state index in [0.29, 0.717) is 0 Å². The first-order chi connectivity index (χ1) is 7.36. The molecule has 0 aliphatic heterocycles. The molecule has 0 fully saturated rings. The van der Waals surface area contributed by atoms with E-state index in [4.69, 9.17) is 0 Å². The van der Waals surface area contributed by atoms with Gasteiger partial charge in [-0.15, -0.1) is 0 Å². The smallest absolute Gasteiger partial charge is 0.0762 e. The molecule has 1 aromatic rings. The Labute approximate surface area is 92.9 Å². The average molecular weight is 209 g/mol. The largest absolute Gasteiger partial charge is 0.311 e. The van der Waals surface area contributed by atoms with Crippen LogP contribution in [0, 0.1) is 0 Å². The molecule has 0 aliphatic carbocycles. The maximum atomic E-state index is 4.51. The van der Waals surface area contributed by atoms with Crippen LogP contribution in [0.2, 0.25) is 0 Å². The molecule has 3 nitrogen and oxygen atoms in total. The third-order valence-electron chi connectivity index (χ3n) is 2.42. The Morgan fingerprint density at radius 3 is 2.87 bits per heavy atom. The van der Waals surface area contributed by atoms with Crippen LogP contribution in [0.3, 0.4) is 0 Å². The number of hydrogen-bond acceptors (Lipinski definition) is 2. The summed E-state index contributed by atoms with van der Waals surface area (Å²) in [5, 5.41) is 7.86. The summed E-state index contributed by atoms with van der Waals surface area (Å²) in [6.45, 7) is 7.43. The zero-order valence-electron chi connectivity index (χ0n) is 10.00. The summed E-state index contributed by atoms with van der Waals surface area (Å²) in [5.74, 6) is 0. The molecule has 1 N–H and O–H groups in total. The maximum absolute atomic E-state index is 4.51. The monoisotopic (exact) mass is 209 g/mol. The first-order valence-electron chi connectivity index (χ1n) is 6.09. The predicted octanol–water partition coefficient (Wildman–Crippen LogP) is 2.57. The molecule has 0 radical (unpaired) electrons. The molecular formula is C12H23N3. The number of nitrogens with one attached hydrogen (secondary N) is 1. The van der Waals surface area contributed by atoms with Gasteiger partial charge in [0, 0.05) is 19.3 Å². The minimum atomic E-state index is 0.897. The highest BCUT2D eigenvalue weighted by molar-refractivity contribution is 4.98. The van der Waals surface area contributed by atoms with E-state index in [-0.39, 0.29) is 0 Å². The molecule has 15 heavy (non-hydrogen) atoms. The van der Waals surface area contributed by atoms with Gasteiger partial charge in [-0.3, -0.25) is 4.68 Å². The van der Waals surface area contributed by atoms with Crippen molar-refractivity contribution in [1.82, 2.24) is 15.1 Å². The van der Waals surface area contributed by atoms with E-state index < -0.39 is 0 Å². The highest BCUT2D eigenvalue weighted by atomic mass is 15.3. The van der Waals surface area contributed by atoms with Gasteiger partial charge < -0.3 is 5.32 Å². The van der Waals surface area contributed by atoms with Crippen LogP contribution in [0.4, 0.5) is 0 Å². The SMILES string of the molecule is CCCCCn1ccc(CNCCC)n1. The van der Waals surface area contributed by atoms with Crippen molar-refractivity contribution in [3.8, 4) is 0 Å². The molecule has 1 rings (SSSR count). The lowest BCUT2D eigenvalue weighted by molar-refractivity contribution is 0.543. The van der Waals surface area contributed by atoms with Crippen molar-refractivity contribution in [1.29, 1.82) is 0 Å². The van der Waals surface area contributed by atoms with Crippen LogP contribution in [0.25, 0.3) is 0 Å². The number of aryl methyl sites for hydroxylation is 1. The summed E-state index contributed by atoms with van der Waals surface area (Å²) in [6, 6.07) is 2.11. The van der Waals surface area contributed by atoms with Crippen LogP contribution >= 0.6 is 0 Å². The fourth-order valence-electron chi connectivity index (χ4n) is 1.54. The van der Waals surface area contributed by atoms with E-state index in [1.807, 2.05) is 0 Å². The molecule has 0 atom stereocenters. The third-order valence-corrected chi connectivity index (χ3v) is 2.42. The topological polar surface area (TPSA) is 29.9 Å². The van der Waals surface area contributed by atoms with E-state index in [1.165, 1.54) is 25.7 Å². The van der Waals surface area contributed by atoms with E-state index in [0.717, 1.165) is 25.3 Å². The lowest BCUT2D eigenvalue weighted by Crippen LogP contribution is -2.14. The van der Waals surface area contributed by atoms with E-state index >= 15 is 0 Å². The Morgan fingerprint density at radius 2 is 2.13 bits per heavy atom. The fraction of sp³-hybridized carbons (Fsp3) is 0.750. The number of hydrogen-bond donors (Lipinski definition) is 1. The first-order valence-corrected chi connectivity index (χ1v) is 6.09. The highest BCUT2D eigenvalue weighted by Gasteiger charge is 1.97. The number of nitrogens with zero attached hydrogens (tertiary/aromatic N) is 2. The van der Waals surface area contributed by atoms with Crippen LogP contribution in [0.1, 0.15) is 45.2 Å². The summed E-state index contributed by atoms with van der Waals surface area (Å²) in [5.41, 5.74) is 1.15. The molecule has 86 valence electrons. The minimum absolute atomic E-state index is 0.897. The molecule has 0 aliphatic rings. The van der Waals surface area contributed by atoms with E-state index in [2.05, 4.69) is 41.2 Å². The van der Waals surface area contributed by atoms with Gasteiger partial charge >= 0.3 is 0 Å². The highest BCUT2D eigenvalue weighted by Crippen LogP contribution is 2.00. The second-order valence-corrected chi connectivity index (χ2v) is 3.95. The fourth-order valence-corrected chi connectivity index (χ4v) is 1.54. The van der Waals surface area contributed by atoms with Crippen LogP contribution < -0.4 is 5.32 Å². The Balaban J connectivity index is 2.23. The van der Waals surface area contributed by atoms with Crippen LogP contribution in [-0.4, -0.2) is 16.3 Å². The van der Waals surface area contributed by atoms with Gasteiger partial charge in [-0.1, -0.05) is 26.7 Å². The Kier molecular flexibility index (Phi) is 6.09. The number of rotatable bonds is 8. The van der Waals surface area contributed by atoms with Gasteiger partial charge in [0.2, 0.25) is 0 Å². The second-order valence-electron chi connectivity index (χ2n) is 3.95. The van der Waals surface area contributed by atoms with Crippen LogP contribution in [0.5, 0.6) is 0 Å². The molecule has 0 bridgehead atoms. The van der Waals surface area contributed by atoms with Gasteiger partial charge in [0.1, 0.15) is 0 Å². The summed E-state index contributed by atoms with van der Waals surface area (Å²) >= 11 is 0. The minimum Gasteiger partial charge on any atom is -0.311 e. The van der Waals surface area contributed by atoms with Gasteiger partial charge in [-0.05, 0) is 25.5 Å². The summed E-state index contributed by atoms with van der Waals surface area (Å²) in [6.07, 6.45) is 7.06. The molecule has 1 aromatic heterocycles. The molecule has 0 aromatic carbocycles. The Bertz CT molecular complexity index is 231. The lowest BCUT2D eigenvalue weighted by atomic mass is 10.2. The van der Waals surface area contributed by atoms with Crippen molar-refractivity contribution in [2.75, 3.05) is 6.54 Å². The quantitative estimate of drug-likeness (QED) is 0.667. The molecule has 0 unspecified atom stereocenters. The van der Waals surface area contributed by atoms with Gasteiger partial charge in [-0.25, -0.2) is 0 Å². The molecule has 0 amide bonds. The van der Waals surface area contributed by atoms with Crippen molar-refractivity contribution >= 4 is 0 Å². The Morgan fingerprint density at radius 1 is 1.27 bits per heavy atom. The number of aromatic nitrogens is 2. The zero-order valence-corrected chi connectivity index (χ0v) is 10.00. The van der Waals surface area contributed by atoms with Crippen LogP contribution in [-0.2, 0) is 13.1 Å². The van der Waals surface area contributed by atoms with Crippen molar-refractivity contribution in [3.63, 3.8) is 0 Å². The zero-order chi connectivity index (χ0) is 10.9. The molecule has 0 spiro atoms. The molecule has 1 heterocycles. The summed E-state index contributed by atoms with van der Waals surface area (Å²) in [4.78, 5) is 0. The summed E-state index contributed by atoms with van der Waals surface area (Å²) in [7, 11) is 0. The van der Waals surface area contributed by atoms with Gasteiger partial charge in [-0.2, -0.15) is 5.10 Å². The Hall–Kier alpha value is -0.830. The van der Waals surface area contributed by atoms with E-state index in [9.17, 15) is 0 Å².